The van der Waals surface area contributed by atoms with Crippen LogP contribution in [0.1, 0.15) is 19.8 Å². The molecular formula is C14H20FN3O2. The van der Waals surface area contributed by atoms with Crippen molar-refractivity contribution in [1.82, 2.24) is 4.90 Å². The molecule has 0 amide bonds. The molecule has 0 saturated carbocycles. The quantitative estimate of drug-likeness (QED) is 0.666. The largest absolute Gasteiger partial charge is 0.379 e. The summed E-state index contributed by atoms with van der Waals surface area (Å²) in [6.45, 7) is 5.99. The lowest BCUT2D eigenvalue weighted by atomic mass is 9.96. The summed E-state index contributed by atoms with van der Waals surface area (Å²) in [5, 5.41) is 13.9. The molecule has 0 aliphatic carbocycles. The van der Waals surface area contributed by atoms with Gasteiger partial charge in [-0.3, -0.25) is 10.1 Å². The lowest BCUT2D eigenvalue weighted by Gasteiger charge is -2.31. The number of anilines is 1. The highest BCUT2D eigenvalue weighted by Crippen LogP contribution is 2.28. The van der Waals surface area contributed by atoms with Crippen LogP contribution in [0.15, 0.2) is 18.2 Å². The van der Waals surface area contributed by atoms with E-state index < -0.39 is 16.4 Å². The van der Waals surface area contributed by atoms with E-state index in [-0.39, 0.29) is 5.69 Å². The van der Waals surface area contributed by atoms with E-state index in [0.29, 0.717) is 12.5 Å². The summed E-state index contributed by atoms with van der Waals surface area (Å²) < 4.78 is 13.5. The van der Waals surface area contributed by atoms with Crippen LogP contribution in [0.5, 0.6) is 0 Å². The maximum Gasteiger partial charge on any atom is 0.327 e. The smallest absolute Gasteiger partial charge is 0.327 e. The Balaban J connectivity index is 1.95. The van der Waals surface area contributed by atoms with Crippen LogP contribution in [0.3, 0.4) is 0 Å². The highest BCUT2D eigenvalue weighted by Gasteiger charge is 2.22. The summed E-state index contributed by atoms with van der Waals surface area (Å²) in [5.74, 6) is -0.304. The van der Waals surface area contributed by atoms with E-state index in [2.05, 4.69) is 17.1 Å². The Hall–Kier alpha value is -1.69. The molecule has 5 nitrogen and oxygen atoms in total. The number of nitro groups is 1. The molecule has 2 rings (SSSR count). The summed E-state index contributed by atoms with van der Waals surface area (Å²) >= 11 is 0. The normalized spacial score (nSPS) is 17.1. The highest BCUT2D eigenvalue weighted by molar-refractivity contribution is 5.61. The van der Waals surface area contributed by atoms with E-state index in [4.69, 9.17) is 0 Å². The number of hydrogen-bond donors (Lipinski definition) is 1. The minimum atomic E-state index is -0.791. The molecule has 1 N–H and O–H groups in total. The molecule has 0 bridgehead atoms. The van der Waals surface area contributed by atoms with Gasteiger partial charge in [-0.05, 0) is 50.5 Å². The fraction of sp³-hybridized carbons (Fsp3) is 0.571. The predicted molar refractivity (Wildman–Crippen MR) is 76.4 cm³/mol. The number of para-hydroxylation sites is 1. The molecule has 0 radical (unpaired) electrons. The maximum absolute atomic E-state index is 13.5. The zero-order valence-electron chi connectivity index (χ0n) is 11.6. The van der Waals surface area contributed by atoms with Crippen LogP contribution in [0.25, 0.3) is 0 Å². The van der Waals surface area contributed by atoms with Crippen molar-refractivity contribution < 1.29 is 9.31 Å². The minimum Gasteiger partial charge on any atom is -0.379 e. The average Bonchev–Trinajstić information content (AvgIpc) is 2.45. The number of nitro benzene ring substituents is 1. The molecule has 1 aliphatic heterocycles. The monoisotopic (exact) mass is 281 g/mol. The van der Waals surface area contributed by atoms with Crippen LogP contribution < -0.4 is 5.32 Å². The number of nitrogens with zero attached hydrogens (tertiary/aromatic N) is 2. The molecule has 1 aromatic rings. The molecule has 20 heavy (non-hydrogen) atoms. The van der Waals surface area contributed by atoms with Crippen molar-refractivity contribution in [3.8, 4) is 0 Å². The van der Waals surface area contributed by atoms with Gasteiger partial charge in [-0.2, -0.15) is 4.39 Å². The zero-order chi connectivity index (χ0) is 14.5. The van der Waals surface area contributed by atoms with Gasteiger partial charge in [0.1, 0.15) is 5.69 Å². The van der Waals surface area contributed by atoms with Crippen molar-refractivity contribution >= 4 is 11.4 Å². The molecule has 0 aromatic heterocycles. The molecule has 1 aromatic carbocycles. The molecular weight excluding hydrogens is 261 g/mol. The standard InChI is InChI=1S/C14H20FN3O2/c1-2-17-8-6-11(7-9-17)10-16-13-5-3-4-12(15)14(13)18(19)20/h3-5,11,16H,2,6-10H2,1H3. The topological polar surface area (TPSA) is 58.4 Å². The molecule has 1 heterocycles. The van der Waals surface area contributed by atoms with Gasteiger partial charge in [0.15, 0.2) is 0 Å². The van der Waals surface area contributed by atoms with Crippen molar-refractivity contribution in [2.45, 2.75) is 19.8 Å². The van der Waals surface area contributed by atoms with Gasteiger partial charge in [0.05, 0.1) is 4.92 Å². The van der Waals surface area contributed by atoms with Crippen molar-refractivity contribution in [3.63, 3.8) is 0 Å². The van der Waals surface area contributed by atoms with E-state index in [1.165, 1.54) is 6.07 Å². The van der Waals surface area contributed by atoms with Crippen LogP contribution in [0, 0.1) is 21.8 Å². The van der Waals surface area contributed by atoms with Crippen molar-refractivity contribution in [1.29, 1.82) is 0 Å². The molecule has 1 saturated heterocycles. The summed E-state index contributed by atoms with van der Waals surface area (Å²) in [6, 6.07) is 4.16. The summed E-state index contributed by atoms with van der Waals surface area (Å²) in [6.07, 6.45) is 2.15. The second kappa shape index (κ2) is 6.65. The molecule has 1 aliphatic rings. The first-order chi connectivity index (χ1) is 9.61. The van der Waals surface area contributed by atoms with E-state index >= 15 is 0 Å². The first kappa shape index (κ1) is 14.7. The van der Waals surface area contributed by atoms with Crippen LogP contribution in [0.2, 0.25) is 0 Å². The molecule has 6 heteroatoms. The van der Waals surface area contributed by atoms with Gasteiger partial charge >= 0.3 is 5.69 Å². The van der Waals surface area contributed by atoms with Crippen LogP contribution in [0.4, 0.5) is 15.8 Å². The lowest BCUT2D eigenvalue weighted by Crippen LogP contribution is -2.35. The Morgan fingerprint density at radius 1 is 1.45 bits per heavy atom. The van der Waals surface area contributed by atoms with Crippen LogP contribution >= 0.6 is 0 Å². The Morgan fingerprint density at radius 3 is 2.75 bits per heavy atom. The van der Waals surface area contributed by atoms with Crippen molar-refractivity contribution in [2.75, 3.05) is 31.5 Å². The first-order valence-corrected chi connectivity index (χ1v) is 7.01. The third-order valence-electron chi connectivity index (χ3n) is 3.90. The van der Waals surface area contributed by atoms with Gasteiger partial charge in [-0.1, -0.05) is 13.0 Å². The molecule has 0 atom stereocenters. The fourth-order valence-corrected chi connectivity index (χ4v) is 2.60. The lowest BCUT2D eigenvalue weighted by molar-refractivity contribution is -0.386. The number of hydrogen-bond acceptors (Lipinski definition) is 4. The van der Waals surface area contributed by atoms with Gasteiger partial charge in [0.2, 0.25) is 5.82 Å². The summed E-state index contributed by atoms with van der Waals surface area (Å²) in [4.78, 5) is 12.6. The number of benzene rings is 1. The Kier molecular flexibility index (Phi) is 4.89. The fourth-order valence-electron chi connectivity index (χ4n) is 2.60. The maximum atomic E-state index is 13.5. The number of halogens is 1. The molecule has 110 valence electrons. The average molecular weight is 281 g/mol. The van der Waals surface area contributed by atoms with E-state index in [9.17, 15) is 14.5 Å². The Bertz CT molecular complexity index is 473. The second-order valence-corrected chi connectivity index (χ2v) is 5.15. The van der Waals surface area contributed by atoms with Crippen molar-refractivity contribution in [3.05, 3.63) is 34.1 Å². The predicted octanol–water partition coefficient (Wildman–Crippen LogP) is 2.88. The number of likely N-dealkylation sites (tertiary alicyclic amines) is 1. The van der Waals surface area contributed by atoms with Gasteiger partial charge in [-0.25, -0.2) is 0 Å². The van der Waals surface area contributed by atoms with Gasteiger partial charge in [-0.15, -0.1) is 0 Å². The third kappa shape index (κ3) is 3.45. The number of piperidine rings is 1. The second-order valence-electron chi connectivity index (χ2n) is 5.15. The van der Waals surface area contributed by atoms with Crippen molar-refractivity contribution in [2.24, 2.45) is 5.92 Å². The van der Waals surface area contributed by atoms with E-state index in [1.807, 2.05) is 0 Å². The summed E-state index contributed by atoms with van der Waals surface area (Å²) in [5.41, 5.74) is -0.189. The third-order valence-corrected chi connectivity index (χ3v) is 3.90. The first-order valence-electron chi connectivity index (χ1n) is 7.01. The Labute approximate surface area is 117 Å². The zero-order valence-corrected chi connectivity index (χ0v) is 11.6. The molecule has 1 fully saturated rings. The van der Waals surface area contributed by atoms with Crippen LogP contribution in [-0.4, -0.2) is 36.0 Å². The minimum absolute atomic E-state index is 0.271. The highest BCUT2D eigenvalue weighted by atomic mass is 19.1. The van der Waals surface area contributed by atoms with Gasteiger partial charge in [0, 0.05) is 6.54 Å². The van der Waals surface area contributed by atoms with Gasteiger partial charge < -0.3 is 10.2 Å². The van der Waals surface area contributed by atoms with E-state index in [1.54, 1.807) is 6.07 Å². The number of rotatable bonds is 5. The Morgan fingerprint density at radius 2 is 2.15 bits per heavy atom. The van der Waals surface area contributed by atoms with E-state index in [0.717, 1.165) is 38.5 Å². The molecule has 0 spiro atoms. The number of nitrogens with one attached hydrogen (secondary N) is 1. The SMILES string of the molecule is CCN1CCC(CNc2cccc(F)c2[N+](=O)[O-])CC1. The van der Waals surface area contributed by atoms with Gasteiger partial charge in [0.25, 0.3) is 0 Å². The summed E-state index contributed by atoms with van der Waals surface area (Å²) in [7, 11) is 0. The van der Waals surface area contributed by atoms with Crippen LogP contribution in [-0.2, 0) is 0 Å². The molecule has 0 unspecified atom stereocenters.